The van der Waals surface area contributed by atoms with Crippen molar-refractivity contribution in [3.05, 3.63) is 86.0 Å². The fourth-order valence-electron chi connectivity index (χ4n) is 9.71. The smallest absolute Gasteiger partial charge is 0.329 e. The molecule has 3 aliphatic carbocycles. The van der Waals surface area contributed by atoms with E-state index in [2.05, 4.69) is 30.8 Å². The zero-order chi connectivity index (χ0) is 42.6. The average molecular weight is 858 g/mol. The number of piperazine rings is 1. The van der Waals surface area contributed by atoms with Gasteiger partial charge in [-0.15, -0.1) is 11.3 Å². The number of imidazole rings is 1. The Morgan fingerprint density at radius 3 is 2.44 bits per heavy atom. The monoisotopic (exact) mass is 857 g/mol. The lowest BCUT2D eigenvalue weighted by atomic mass is 9.54. The first-order chi connectivity index (χ1) is 29.3. The molecule has 0 unspecified atom stereocenters. The van der Waals surface area contributed by atoms with Crippen LogP contribution in [-0.2, 0) is 28.5 Å². The van der Waals surface area contributed by atoms with Gasteiger partial charge in [-0.05, 0) is 99.6 Å². The van der Waals surface area contributed by atoms with Crippen molar-refractivity contribution in [2.45, 2.75) is 75.7 Å². The van der Waals surface area contributed by atoms with Crippen LogP contribution in [0.2, 0.25) is 0 Å². The van der Waals surface area contributed by atoms with E-state index in [1.165, 1.54) is 4.57 Å². The first-order valence-corrected chi connectivity index (χ1v) is 21.7. The lowest BCUT2D eigenvalue weighted by Crippen LogP contribution is -2.49. The number of nitrogens with zero attached hydrogens (tertiary/aromatic N) is 7. The number of phenols is 1. The second-order valence-electron chi connectivity index (χ2n) is 17.1. The number of aromatic hydroxyl groups is 1. The maximum absolute atomic E-state index is 14.3. The normalized spacial score (nSPS) is 23.1. The minimum Gasteiger partial charge on any atom is -0.503 e. The minimum atomic E-state index is -1.78. The van der Waals surface area contributed by atoms with Crippen LogP contribution in [0.3, 0.4) is 0 Å². The quantitative estimate of drug-likeness (QED) is 0.120. The Morgan fingerprint density at radius 1 is 0.951 bits per heavy atom. The van der Waals surface area contributed by atoms with Crippen molar-refractivity contribution in [2.24, 2.45) is 12.5 Å². The molecular formula is C43H46F3N9O5S. The largest absolute Gasteiger partial charge is 0.503 e. The van der Waals surface area contributed by atoms with Crippen molar-refractivity contribution in [1.29, 1.82) is 0 Å². The molecule has 2 bridgehead atoms. The number of anilines is 1. The van der Waals surface area contributed by atoms with Gasteiger partial charge in [-0.3, -0.25) is 33.7 Å². The number of rotatable bonds is 11. The minimum absolute atomic E-state index is 0.0783. The summed E-state index contributed by atoms with van der Waals surface area (Å²) in [6.45, 7) is 4.50. The summed E-state index contributed by atoms with van der Waals surface area (Å²) in [5.41, 5.74) is 2.83. The van der Waals surface area contributed by atoms with E-state index in [9.17, 15) is 37.5 Å². The number of carbonyl (C=O) groups is 3. The molecule has 14 nitrogen and oxygen atoms in total. The number of amides is 3. The first-order valence-electron chi connectivity index (χ1n) is 20.8. The lowest BCUT2D eigenvalue weighted by molar-refractivity contribution is -0.135. The Kier molecular flexibility index (Phi) is 10.7. The van der Waals surface area contributed by atoms with E-state index in [4.69, 9.17) is 9.97 Å². The number of benzene rings is 2. The van der Waals surface area contributed by atoms with E-state index in [1.54, 1.807) is 29.1 Å². The molecule has 3 aromatic heterocycles. The number of nitrogens with one attached hydrogen (secondary N) is 2. The zero-order valence-corrected chi connectivity index (χ0v) is 34.5. The molecule has 3 amide bonds. The first kappa shape index (κ1) is 40.8. The number of halogens is 3. The van der Waals surface area contributed by atoms with Gasteiger partial charge < -0.3 is 15.3 Å². The van der Waals surface area contributed by atoms with Crippen LogP contribution in [-0.4, -0.2) is 91.1 Å². The van der Waals surface area contributed by atoms with Crippen molar-refractivity contribution in [1.82, 2.24) is 39.6 Å². The third kappa shape index (κ3) is 7.57. The van der Waals surface area contributed by atoms with E-state index >= 15 is 0 Å². The third-order valence-corrected chi connectivity index (χ3v) is 14.6. The molecule has 10 rings (SSSR count). The van der Waals surface area contributed by atoms with Crippen molar-refractivity contribution in [3.63, 3.8) is 0 Å². The number of hydrogen-bond donors (Lipinski definition) is 3. The van der Waals surface area contributed by atoms with E-state index in [0.717, 1.165) is 112 Å². The van der Waals surface area contributed by atoms with Crippen molar-refractivity contribution in [2.75, 3.05) is 44.2 Å². The van der Waals surface area contributed by atoms with E-state index < -0.39 is 46.6 Å². The van der Waals surface area contributed by atoms with Crippen LogP contribution in [0.1, 0.15) is 84.8 Å². The summed E-state index contributed by atoms with van der Waals surface area (Å²) in [6, 6.07) is 7.64. The maximum Gasteiger partial charge on any atom is 0.329 e. The number of phenolic OH excluding ortho intramolecular Hbond substituents is 1. The number of carbonyl (C=O) groups excluding carboxylic acids is 3. The Bertz CT molecular complexity index is 2590. The summed E-state index contributed by atoms with van der Waals surface area (Å²) in [7, 11) is 1.71. The Balaban J connectivity index is 0.763. The predicted molar refractivity (Wildman–Crippen MR) is 221 cm³/mol. The van der Waals surface area contributed by atoms with E-state index in [-0.39, 0.29) is 35.4 Å². The highest BCUT2D eigenvalue weighted by atomic mass is 32.1. The zero-order valence-electron chi connectivity index (χ0n) is 33.7. The molecule has 2 aromatic carbocycles. The van der Waals surface area contributed by atoms with Crippen LogP contribution < -0.4 is 21.2 Å². The topological polar surface area (TPSA) is 168 Å². The molecule has 320 valence electrons. The molecular weight excluding hydrogens is 812 g/mol. The summed E-state index contributed by atoms with van der Waals surface area (Å²) >= 11 is 1.64. The van der Waals surface area contributed by atoms with Gasteiger partial charge in [0.2, 0.25) is 23.6 Å². The van der Waals surface area contributed by atoms with Gasteiger partial charge in [-0.25, -0.2) is 28.5 Å². The average Bonchev–Trinajstić information content (AvgIpc) is 3.88. The van der Waals surface area contributed by atoms with E-state index in [0.29, 0.717) is 24.0 Å². The van der Waals surface area contributed by atoms with Gasteiger partial charge in [0, 0.05) is 63.2 Å². The molecule has 5 fully saturated rings. The number of fused-ring (bicyclic) bond motifs is 4. The second kappa shape index (κ2) is 16.0. The summed E-state index contributed by atoms with van der Waals surface area (Å²) in [6.07, 6.45) is 9.18. The fourth-order valence-corrected chi connectivity index (χ4v) is 10.8. The molecule has 18 heteroatoms. The predicted octanol–water partition coefficient (Wildman–Crippen LogP) is 5.13. The molecule has 61 heavy (non-hydrogen) atoms. The number of imide groups is 1. The Hall–Kier alpha value is -5.62. The fraction of sp³-hybridized carbons (Fsp3) is 0.465. The highest BCUT2D eigenvalue weighted by Crippen LogP contribution is 2.58. The molecule has 3 saturated carbocycles. The van der Waals surface area contributed by atoms with Gasteiger partial charge in [-0.1, -0.05) is 6.07 Å². The maximum atomic E-state index is 14.3. The second-order valence-corrected chi connectivity index (χ2v) is 17.9. The molecule has 0 spiro atoms. The van der Waals surface area contributed by atoms with Crippen molar-refractivity contribution >= 4 is 46.0 Å². The summed E-state index contributed by atoms with van der Waals surface area (Å²) < 4.78 is 45.1. The van der Waals surface area contributed by atoms with Crippen LogP contribution in [0, 0.1) is 22.9 Å². The number of hydrogen-bond acceptors (Lipinski definition) is 11. The summed E-state index contributed by atoms with van der Waals surface area (Å²) in [5, 5.41) is 17.5. The van der Waals surface area contributed by atoms with Crippen LogP contribution in [0.4, 0.5) is 19.1 Å². The van der Waals surface area contributed by atoms with Gasteiger partial charge >= 0.3 is 5.69 Å². The molecule has 5 aliphatic rings. The SMILES string of the molecule is Cn1c(=O)n([C@@H]2CCC(=O)NC2=O)c2ccc(CCCN3CCN(c4nccc(-c5csc(C67CCC(CNC(=O)c8cc(F)c(O)c(F)c8F)(CC6)CC7)n5)n4)CC3)cc21. The molecule has 0 radical (unpaired) electrons. The van der Waals surface area contributed by atoms with Crippen molar-refractivity contribution in [3.8, 4) is 17.1 Å². The molecule has 1 atom stereocenters. The summed E-state index contributed by atoms with van der Waals surface area (Å²) in [5.74, 6) is -7.18. The number of aromatic nitrogens is 5. The van der Waals surface area contributed by atoms with Gasteiger partial charge in [0.15, 0.2) is 17.4 Å². The Labute approximate surface area is 352 Å². The highest BCUT2D eigenvalue weighted by molar-refractivity contribution is 7.10. The molecule has 3 N–H and O–H groups in total. The van der Waals surface area contributed by atoms with Gasteiger partial charge in [0.25, 0.3) is 5.91 Å². The third-order valence-electron chi connectivity index (χ3n) is 13.5. The summed E-state index contributed by atoms with van der Waals surface area (Å²) in [4.78, 5) is 69.4. The Morgan fingerprint density at radius 2 is 1.70 bits per heavy atom. The molecule has 2 aliphatic heterocycles. The highest BCUT2D eigenvalue weighted by Gasteiger charge is 2.51. The van der Waals surface area contributed by atoms with Crippen molar-refractivity contribution < 1.29 is 32.7 Å². The van der Waals surface area contributed by atoms with E-state index in [1.807, 2.05) is 24.3 Å². The van der Waals surface area contributed by atoms with Crippen LogP contribution in [0.5, 0.6) is 5.75 Å². The van der Waals surface area contributed by atoms with Gasteiger partial charge in [-0.2, -0.15) is 4.39 Å². The number of aryl methyl sites for hydroxylation is 2. The molecule has 5 aromatic rings. The van der Waals surface area contributed by atoms with Gasteiger partial charge in [0.1, 0.15) is 11.7 Å². The molecule has 2 saturated heterocycles. The number of thiazole rings is 1. The van der Waals surface area contributed by atoms with Crippen LogP contribution in [0.25, 0.3) is 22.4 Å². The van der Waals surface area contributed by atoms with Crippen LogP contribution in [0.15, 0.2) is 46.7 Å². The van der Waals surface area contributed by atoms with Gasteiger partial charge in [0.05, 0.1) is 27.3 Å². The standard InChI is InChI=1S/C43H46F3N9O5S/c1-52-32-21-25(4-5-30(32)55(41(52)60)31-6-7-33(56)51-38(31)59)3-2-16-53-17-19-54(20-18-53)40-47-15-8-28(50-40)29-23-61-39(49-29)43-12-9-42(10-13-43,11-14-43)24-48-37(58)26-22-27(44)36(57)35(46)34(26)45/h4-5,8,15,21-23,31,57H,2-3,6-7,9-14,16-20,24H2,1H3,(H,48,58)(H,51,56,59)/t31-,42?,43?/m1/s1. The molecule has 5 heterocycles. The lowest BCUT2D eigenvalue weighted by Gasteiger charge is -2.52. The number of piperidine rings is 1. The van der Waals surface area contributed by atoms with Crippen LogP contribution >= 0.6 is 11.3 Å².